The Hall–Kier alpha value is -4.00. The minimum Gasteiger partial charge on any atom is -0.325 e. The van der Waals surface area contributed by atoms with Crippen molar-refractivity contribution in [2.75, 3.05) is 20.9 Å². The largest absolute Gasteiger partial charge is 0.325 e. The molecule has 1 heterocycles. The molecule has 0 radical (unpaired) electrons. The van der Waals surface area contributed by atoms with Crippen molar-refractivity contribution in [3.63, 3.8) is 0 Å². The molecule has 0 aliphatic heterocycles. The molecule has 0 saturated heterocycles. The second-order valence-electron chi connectivity index (χ2n) is 8.46. The number of rotatable bonds is 9. The summed E-state index contributed by atoms with van der Waals surface area (Å²) in [5.41, 5.74) is 1.83. The topological polar surface area (TPSA) is 138 Å². The molecule has 0 atom stereocenters. The first-order chi connectivity index (χ1) is 18.5. The van der Waals surface area contributed by atoms with E-state index in [1.807, 2.05) is 0 Å². The summed E-state index contributed by atoms with van der Waals surface area (Å²) in [5.74, 6) is -0.712. The third kappa shape index (κ3) is 6.72. The molecule has 10 nitrogen and oxygen atoms in total. The van der Waals surface area contributed by atoms with Crippen LogP contribution in [0.1, 0.15) is 11.3 Å². The van der Waals surface area contributed by atoms with Gasteiger partial charge < -0.3 is 5.32 Å². The average molecular weight is 586 g/mol. The van der Waals surface area contributed by atoms with Gasteiger partial charge in [0.05, 0.1) is 15.5 Å². The number of sulfonamides is 2. The molecule has 0 fully saturated rings. The van der Waals surface area contributed by atoms with E-state index in [0.29, 0.717) is 10.7 Å². The van der Waals surface area contributed by atoms with E-state index in [1.54, 1.807) is 50.2 Å². The van der Waals surface area contributed by atoms with E-state index in [1.165, 1.54) is 48.7 Å². The highest BCUT2D eigenvalue weighted by Crippen LogP contribution is 2.28. The molecule has 2 N–H and O–H groups in total. The van der Waals surface area contributed by atoms with Crippen molar-refractivity contribution in [3.05, 3.63) is 101 Å². The standard InChI is InChI=1S/C26H24ClN5O5S2/c1-18-8-11-21(16-24(18)27)32(39(36,37)23-6-4-3-5-7-23)17-25(33)30-20-9-12-22(13-10-20)38(34,35)31-26-28-15-14-19(2)29-26/h3-16H,17H2,1-2H3,(H,30,33)(H,28,29,31). The molecule has 4 aromatic rings. The van der Waals surface area contributed by atoms with Gasteiger partial charge in [-0.2, -0.15) is 0 Å². The smallest absolute Gasteiger partial charge is 0.264 e. The zero-order valence-electron chi connectivity index (χ0n) is 20.9. The molecule has 1 amide bonds. The van der Waals surface area contributed by atoms with Gasteiger partial charge in [-0.05, 0) is 74.0 Å². The Morgan fingerprint density at radius 2 is 1.59 bits per heavy atom. The fraction of sp³-hybridized carbons (Fsp3) is 0.115. The molecule has 1 aromatic heterocycles. The molecule has 0 bridgehead atoms. The van der Waals surface area contributed by atoms with Crippen molar-refractivity contribution in [1.29, 1.82) is 0 Å². The van der Waals surface area contributed by atoms with E-state index >= 15 is 0 Å². The molecule has 4 rings (SSSR count). The number of halogens is 1. The third-order valence-electron chi connectivity index (χ3n) is 5.53. The Morgan fingerprint density at radius 1 is 0.897 bits per heavy atom. The van der Waals surface area contributed by atoms with Crippen LogP contribution in [-0.2, 0) is 24.8 Å². The molecule has 0 aliphatic rings. The lowest BCUT2D eigenvalue weighted by atomic mass is 10.2. The zero-order valence-corrected chi connectivity index (χ0v) is 23.3. The summed E-state index contributed by atoms with van der Waals surface area (Å²) in [6, 6.07) is 19.5. The van der Waals surface area contributed by atoms with Crippen molar-refractivity contribution in [2.45, 2.75) is 23.6 Å². The minimum atomic E-state index is -4.12. The number of hydrogen-bond donors (Lipinski definition) is 2. The lowest BCUT2D eigenvalue weighted by Gasteiger charge is -2.24. The highest BCUT2D eigenvalue weighted by Gasteiger charge is 2.27. The first kappa shape index (κ1) is 28.0. The lowest BCUT2D eigenvalue weighted by Crippen LogP contribution is -2.38. The Morgan fingerprint density at radius 3 is 2.23 bits per heavy atom. The van der Waals surface area contributed by atoms with Crippen molar-refractivity contribution < 1.29 is 21.6 Å². The average Bonchev–Trinajstić information content (AvgIpc) is 2.89. The summed E-state index contributed by atoms with van der Waals surface area (Å²) in [5, 5.41) is 2.96. The molecular weight excluding hydrogens is 562 g/mol. The SMILES string of the molecule is Cc1ccnc(NS(=O)(=O)c2ccc(NC(=O)CN(c3ccc(C)c(Cl)c3)S(=O)(=O)c3ccccc3)cc2)n1. The number of aryl methyl sites for hydroxylation is 2. The van der Waals surface area contributed by atoms with Crippen LogP contribution in [0.2, 0.25) is 5.02 Å². The Bertz CT molecular complexity index is 1720. The first-order valence-corrected chi connectivity index (χ1v) is 14.8. The van der Waals surface area contributed by atoms with Crippen LogP contribution in [0.4, 0.5) is 17.3 Å². The summed E-state index contributed by atoms with van der Waals surface area (Å²) in [6.45, 7) is 2.93. The molecule has 0 unspecified atom stereocenters. The van der Waals surface area contributed by atoms with E-state index in [4.69, 9.17) is 11.6 Å². The van der Waals surface area contributed by atoms with Crippen LogP contribution in [-0.4, -0.2) is 39.3 Å². The van der Waals surface area contributed by atoms with Crippen LogP contribution in [0.3, 0.4) is 0 Å². The molecule has 13 heteroatoms. The Labute approximate surface area is 231 Å². The number of aromatic nitrogens is 2. The molecule has 202 valence electrons. The van der Waals surface area contributed by atoms with Crippen LogP contribution >= 0.6 is 11.6 Å². The number of hydrogen-bond acceptors (Lipinski definition) is 7. The van der Waals surface area contributed by atoms with E-state index in [9.17, 15) is 21.6 Å². The molecular formula is C26H24ClN5O5S2. The first-order valence-electron chi connectivity index (χ1n) is 11.5. The van der Waals surface area contributed by atoms with Crippen molar-refractivity contribution in [2.24, 2.45) is 0 Å². The van der Waals surface area contributed by atoms with E-state index in [2.05, 4.69) is 20.0 Å². The summed E-state index contributed by atoms with van der Waals surface area (Å²) in [7, 11) is -8.09. The van der Waals surface area contributed by atoms with Gasteiger partial charge in [0.15, 0.2) is 0 Å². The van der Waals surface area contributed by atoms with Crippen LogP contribution in [0.5, 0.6) is 0 Å². The molecule has 3 aromatic carbocycles. The quantitative estimate of drug-likeness (QED) is 0.297. The highest BCUT2D eigenvalue weighted by atomic mass is 35.5. The number of anilines is 3. The fourth-order valence-corrected chi connectivity index (χ4v) is 6.06. The highest BCUT2D eigenvalue weighted by molar-refractivity contribution is 7.93. The van der Waals surface area contributed by atoms with Gasteiger partial charge in [-0.3, -0.25) is 9.10 Å². The molecule has 0 spiro atoms. The number of carbonyl (C=O) groups excluding carboxylic acids is 1. The van der Waals surface area contributed by atoms with Gasteiger partial charge in [-0.25, -0.2) is 31.5 Å². The van der Waals surface area contributed by atoms with Gasteiger partial charge >= 0.3 is 0 Å². The van der Waals surface area contributed by atoms with Gasteiger partial charge in [-0.15, -0.1) is 0 Å². The summed E-state index contributed by atoms with van der Waals surface area (Å²) >= 11 is 6.25. The normalized spacial score (nSPS) is 11.6. The predicted octanol–water partition coefficient (Wildman–Crippen LogP) is 4.38. The number of amides is 1. The van der Waals surface area contributed by atoms with E-state index in [0.717, 1.165) is 9.87 Å². The Balaban J connectivity index is 1.54. The van der Waals surface area contributed by atoms with Gasteiger partial charge in [-0.1, -0.05) is 35.9 Å². The maximum absolute atomic E-state index is 13.5. The van der Waals surface area contributed by atoms with Crippen molar-refractivity contribution in [1.82, 2.24) is 9.97 Å². The minimum absolute atomic E-state index is 0.00847. The fourth-order valence-electron chi connectivity index (χ4n) is 3.50. The summed E-state index contributed by atoms with van der Waals surface area (Å²) in [4.78, 5) is 20.8. The molecule has 0 aliphatic carbocycles. The van der Waals surface area contributed by atoms with Gasteiger partial charge in [0.2, 0.25) is 11.9 Å². The van der Waals surface area contributed by atoms with Crippen molar-refractivity contribution in [3.8, 4) is 0 Å². The van der Waals surface area contributed by atoms with Gasteiger partial charge in [0.1, 0.15) is 6.54 Å². The number of nitrogens with one attached hydrogen (secondary N) is 2. The second kappa shape index (κ2) is 11.4. The second-order valence-corrected chi connectivity index (χ2v) is 12.4. The molecule has 39 heavy (non-hydrogen) atoms. The van der Waals surface area contributed by atoms with E-state index < -0.39 is 32.5 Å². The third-order valence-corrected chi connectivity index (χ3v) is 9.07. The van der Waals surface area contributed by atoms with Crippen LogP contribution in [0, 0.1) is 13.8 Å². The monoisotopic (exact) mass is 585 g/mol. The van der Waals surface area contributed by atoms with Crippen LogP contribution in [0.25, 0.3) is 0 Å². The van der Waals surface area contributed by atoms with E-state index in [-0.39, 0.29) is 27.1 Å². The molecule has 0 saturated carbocycles. The van der Waals surface area contributed by atoms with Crippen LogP contribution in [0.15, 0.2) is 94.9 Å². The van der Waals surface area contributed by atoms with Crippen molar-refractivity contribution >= 4 is 54.9 Å². The Kier molecular flexibility index (Phi) is 8.19. The summed E-state index contributed by atoms with van der Waals surface area (Å²) in [6.07, 6.45) is 1.44. The maximum atomic E-state index is 13.5. The number of carbonyl (C=O) groups is 1. The van der Waals surface area contributed by atoms with Crippen LogP contribution < -0.4 is 14.3 Å². The zero-order chi connectivity index (χ0) is 28.2. The summed E-state index contributed by atoms with van der Waals surface area (Å²) < 4.78 is 55.6. The van der Waals surface area contributed by atoms with Gasteiger partial charge in [0.25, 0.3) is 20.0 Å². The maximum Gasteiger partial charge on any atom is 0.264 e. The number of benzene rings is 3. The number of nitrogens with zero attached hydrogens (tertiary/aromatic N) is 3. The predicted molar refractivity (Wildman–Crippen MR) is 150 cm³/mol. The lowest BCUT2D eigenvalue weighted by molar-refractivity contribution is -0.114. The van der Waals surface area contributed by atoms with Gasteiger partial charge in [0, 0.05) is 22.6 Å².